The van der Waals surface area contributed by atoms with Gasteiger partial charge in [-0.1, -0.05) is 30.3 Å². The lowest BCUT2D eigenvalue weighted by molar-refractivity contribution is -0.116. The van der Waals surface area contributed by atoms with Crippen molar-refractivity contribution in [3.8, 4) is 17.1 Å². The van der Waals surface area contributed by atoms with E-state index in [2.05, 4.69) is 25.4 Å². The summed E-state index contributed by atoms with van der Waals surface area (Å²) in [6.45, 7) is 3.63. The van der Waals surface area contributed by atoms with E-state index in [1.165, 1.54) is 23.3 Å². The van der Waals surface area contributed by atoms with Gasteiger partial charge in [-0.15, -0.1) is 0 Å². The van der Waals surface area contributed by atoms with Crippen molar-refractivity contribution in [1.29, 1.82) is 0 Å². The van der Waals surface area contributed by atoms with Gasteiger partial charge >= 0.3 is 0 Å². The van der Waals surface area contributed by atoms with Gasteiger partial charge in [0, 0.05) is 23.4 Å². The van der Waals surface area contributed by atoms with E-state index in [-0.39, 0.29) is 12.1 Å². The maximum absolute atomic E-state index is 12.4. The second kappa shape index (κ2) is 8.08. The Morgan fingerprint density at radius 3 is 2.53 bits per heavy atom. The van der Waals surface area contributed by atoms with Gasteiger partial charge in [-0.3, -0.25) is 14.2 Å². The molecule has 0 saturated carbocycles. The van der Waals surface area contributed by atoms with Gasteiger partial charge in [-0.25, -0.2) is 19.6 Å². The van der Waals surface area contributed by atoms with E-state index < -0.39 is 5.91 Å². The minimum absolute atomic E-state index is 0.180. The van der Waals surface area contributed by atoms with Gasteiger partial charge in [-0.05, 0) is 19.9 Å². The van der Waals surface area contributed by atoms with Crippen molar-refractivity contribution in [3.63, 3.8) is 0 Å². The Bertz CT molecular complexity index is 1260. The monoisotopic (exact) mass is 401 g/mol. The molecule has 30 heavy (non-hydrogen) atoms. The Balaban J connectivity index is 1.48. The highest BCUT2D eigenvalue weighted by atomic mass is 16.2. The molecule has 0 aliphatic heterocycles. The van der Waals surface area contributed by atoms with Crippen molar-refractivity contribution in [3.05, 3.63) is 82.9 Å². The van der Waals surface area contributed by atoms with Crippen LogP contribution in [0.3, 0.4) is 0 Å². The molecule has 0 spiro atoms. The van der Waals surface area contributed by atoms with Gasteiger partial charge in [0.05, 0.1) is 17.7 Å². The minimum atomic E-state index is -0.399. The van der Waals surface area contributed by atoms with Crippen molar-refractivity contribution in [2.75, 3.05) is 5.32 Å². The fraction of sp³-hybridized carbons (Fsp3) is 0.143. The molecule has 4 rings (SSSR count). The lowest BCUT2D eigenvalue weighted by atomic mass is 10.1. The number of rotatable bonds is 5. The van der Waals surface area contributed by atoms with Gasteiger partial charge in [0.2, 0.25) is 5.91 Å². The average Bonchev–Trinajstić information content (AvgIpc) is 3.08. The normalized spacial score (nSPS) is 10.7. The highest BCUT2D eigenvalue weighted by Crippen LogP contribution is 2.14. The maximum Gasteiger partial charge on any atom is 0.254 e. The Morgan fingerprint density at radius 1 is 1.03 bits per heavy atom. The Hall–Kier alpha value is -4.14. The van der Waals surface area contributed by atoms with Gasteiger partial charge < -0.3 is 5.32 Å². The second-order valence-electron chi connectivity index (χ2n) is 6.75. The van der Waals surface area contributed by atoms with Crippen LogP contribution in [-0.4, -0.2) is 35.2 Å². The standard InChI is InChI=1S/C21H19N7O2/c1-14-8-15(2)28(26-14)19-10-18(22-12-23-19)25-20(29)11-27-13-24-17(9-21(27)30)16-6-4-3-5-7-16/h3-10,12-13H,11H2,1-2H3,(H,22,23,25,29). The molecule has 1 aromatic carbocycles. The van der Waals surface area contributed by atoms with Crippen LogP contribution in [0, 0.1) is 13.8 Å². The fourth-order valence-electron chi connectivity index (χ4n) is 3.04. The summed E-state index contributed by atoms with van der Waals surface area (Å²) in [6, 6.07) is 14.3. The Morgan fingerprint density at radius 2 is 1.83 bits per heavy atom. The van der Waals surface area contributed by atoms with Gasteiger partial charge in [0.25, 0.3) is 5.56 Å². The molecule has 150 valence electrons. The second-order valence-corrected chi connectivity index (χ2v) is 6.75. The summed E-state index contributed by atoms with van der Waals surface area (Å²) in [5.41, 5.74) is 2.86. The Kier molecular flexibility index (Phi) is 5.17. The number of amides is 1. The van der Waals surface area contributed by atoms with Crippen LogP contribution in [0.2, 0.25) is 0 Å². The molecule has 0 aliphatic rings. The average molecular weight is 401 g/mol. The first-order valence-corrected chi connectivity index (χ1v) is 9.27. The van der Waals surface area contributed by atoms with Crippen molar-refractivity contribution in [1.82, 2.24) is 29.3 Å². The SMILES string of the molecule is Cc1cc(C)n(-c2cc(NC(=O)Cn3cnc(-c4ccccc4)cc3=O)ncn2)n1. The third-order valence-electron chi connectivity index (χ3n) is 4.41. The molecule has 0 unspecified atom stereocenters. The summed E-state index contributed by atoms with van der Waals surface area (Å²) in [6.07, 6.45) is 2.72. The highest BCUT2D eigenvalue weighted by Gasteiger charge is 2.11. The van der Waals surface area contributed by atoms with E-state index in [0.29, 0.717) is 17.3 Å². The van der Waals surface area contributed by atoms with Crippen LogP contribution < -0.4 is 10.9 Å². The van der Waals surface area contributed by atoms with Crippen LogP contribution >= 0.6 is 0 Å². The zero-order valence-corrected chi connectivity index (χ0v) is 16.5. The first-order chi connectivity index (χ1) is 14.5. The van der Waals surface area contributed by atoms with Gasteiger partial charge in [0.15, 0.2) is 5.82 Å². The van der Waals surface area contributed by atoms with Crippen LogP contribution in [0.15, 0.2) is 66.0 Å². The van der Waals surface area contributed by atoms with Crippen molar-refractivity contribution in [2.45, 2.75) is 20.4 Å². The number of aromatic nitrogens is 6. The molecule has 0 bridgehead atoms. The molecule has 3 aromatic heterocycles. The van der Waals surface area contributed by atoms with Crippen LogP contribution in [0.25, 0.3) is 17.1 Å². The van der Waals surface area contributed by atoms with Crippen LogP contribution in [0.1, 0.15) is 11.4 Å². The predicted octanol–water partition coefficient (Wildman–Crippen LogP) is 2.14. The number of carbonyl (C=O) groups excluding carboxylic acids is 1. The topological polar surface area (TPSA) is 108 Å². The Labute approximate surface area is 172 Å². The van der Waals surface area contributed by atoms with Gasteiger partial charge in [-0.2, -0.15) is 5.10 Å². The van der Waals surface area contributed by atoms with Crippen LogP contribution in [0.5, 0.6) is 0 Å². The molecule has 0 radical (unpaired) electrons. The fourth-order valence-corrected chi connectivity index (χ4v) is 3.04. The summed E-state index contributed by atoms with van der Waals surface area (Å²) >= 11 is 0. The highest BCUT2D eigenvalue weighted by molar-refractivity contribution is 5.89. The first-order valence-electron chi connectivity index (χ1n) is 9.27. The number of anilines is 1. The van der Waals surface area contributed by atoms with Crippen molar-refractivity contribution in [2.24, 2.45) is 0 Å². The quantitative estimate of drug-likeness (QED) is 0.549. The summed E-state index contributed by atoms with van der Waals surface area (Å²) in [4.78, 5) is 37.4. The lowest BCUT2D eigenvalue weighted by Crippen LogP contribution is -2.27. The van der Waals surface area contributed by atoms with E-state index in [1.54, 1.807) is 10.7 Å². The molecule has 1 amide bonds. The van der Waals surface area contributed by atoms with Crippen LogP contribution in [-0.2, 0) is 11.3 Å². The van der Waals surface area contributed by atoms with Crippen molar-refractivity contribution < 1.29 is 4.79 Å². The molecule has 0 aliphatic carbocycles. The number of carbonyl (C=O) groups is 1. The largest absolute Gasteiger partial charge is 0.309 e. The smallest absolute Gasteiger partial charge is 0.254 e. The molecule has 0 atom stereocenters. The molecule has 3 heterocycles. The molecular formula is C21H19N7O2. The maximum atomic E-state index is 12.4. The number of benzene rings is 1. The van der Waals surface area contributed by atoms with Crippen LogP contribution in [0.4, 0.5) is 5.82 Å². The number of hydrogen-bond acceptors (Lipinski definition) is 6. The molecule has 1 N–H and O–H groups in total. The summed E-state index contributed by atoms with van der Waals surface area (Å²) < 4.78 is 2.91. The van der Waals surface area contributed by atoms with E-state index in [9.17, 15) is 9.59 Å². The zero-order valence-electron chi connectivity index (χ0n) is 16.5. The molecule has 0 fully saturated rings. The third-order valence-corrected chi connectivity index (χ3v) is 4.41. The number of nitrogens with zero attached hydrogens (tertiary/aromatic N) is 6. The van der Waals surface area contributed by atoms with Crippen molar-refractivity contribution >= 4 is 11.7 Å². The van der Waals surface area contributed by atoms with E-state index in [0.717, 1.165) is 17.0 Å². The number of hydrogen-bond donors (Lipinski definition) is 1. The zero-order chi connectivity index (χ0) is 21.1. The number of nitrogens with one attached hydrogen (secondary N) is 1. The molecule has 9 nitrogen and oxygen atoms in total. The molecular weight excluding hydrogens is 382 g/mol. The van der Waals surface area contributed by atoms with E-state index >= 15 is 0 Å². The summed E-state index contributed by atoms with van der Waals surface area (Å²) in [7, 11) is 0. The van der Waals surface area contributed by atoms with Gasteiger partial charge in [0.1, 0.15) is 18.7 Å². The third kappa shape index (κ3) is 4.14. The molecule has 0 saturated heterocycles. The lowest BCUT2D eigenvalue weighted by Gasteiger charge is -2.09. The molecule has 4 aromatic rings. The number of aryl methyl sites for hydroxylation is 2. The first kappa shape index (κ1) is 19.2. The summed E-state index contributed by atoms with van der Waals surface area (Å²) in [5, 5.41) is 7.05. The summed E-state index contributed by atoms with van der Waals surface area (Å²) in [5.74, 6) is 0.459. The molecule has 9 heteroatoms. The predicted molar refractivity (Wildman–Crippen MR) is 111 cm³/mol. The minimum Gasteiger partial charge on any atom is -0.309 e. The van der Waals surface area contributed by atoms with E-state index in [4.69, 9.17) is 0 Å². The van der Waals surface area contributed by atoms with E-state index in [1.807, 2.05) is 50.2 Å².